The monoisotopic (exact) mass is 612 g/mol. The van der Waals surface area contributed by atoms with Gasteiger partial charge in [-0.25, -0.2) is 9.78 Å². The summed E-state index contributed by atoms with van der Waals surface area (Å²) in [6.07, 6.45) is 0. The van der Waals surface area contributed by atoms with Crippen LogP contribution in [0.2, 0.25) is 0 Å². The SMILES string of the molecule is CCOC(=O)c1sc(N2C(=O)C(=O)C(=C(O)c3ccc4c(c3)OCCO4)[C@H]2c2cccc(OCc3ccccc3)c2)nc1C. The van der Waals surface area contributed by atoms with E-state index < -0.39 is 23.7 Å². The molecule has 44 heavy (non-hydrogen) atoms. The molecule has 1 fully saturated rings. The molecule has 0 radical (unpaired) electrons. The predicted octanol–water partition coefficient (Wildman–Crippen LogP) is 5.60. The third kappa shape index (κ3) is 5.49. The fraction of sp³-hybridized carbons (Fsp3) is 0.212. The summed E-state index contributed by atoms with van der Waals surface area (Å²) in [6.45, 7) is 4.53. The van der Waals surface area contributed by atoms with E-state index in [0.29, 0.717) is 48.3 Å². The average Bonchev–Trinajstić information content (AvgIpc) is 3.56. The number of carbonyl (C=O) groups excluding carboxylic acids is 3. The van der Waals surface area contributed by atoms with E-state index in [2.05, 4.69) is 4.98 Å². The van der Waals surface area contributed by atoms with Gasteiger partial charge in [0.05, 0.1) is 23.9 Å². The molecule has 224 valence electrons. The van der Waals surface area contributed by atoms with Crippen LogP contribution in [0.15, 0.2) is 78.4 Å². The van der Waals surface area contributed by atoms with Gasteiger partial charge in [-0.05, 0) is 55.3 Å². The van der Waals surface area contributed by atoms with E-state index in [1.54, 1.807) is 56.3 Å². The number of aryl methyl sites for hydroxylation is 1. The van der Waals surface area contributed by atoms with Crippen LogP contribution < -0.4 is 19.1 Å². The number of Topliss-reactive ketones (excluding diaryl/α,β-unsaturated/α-hetero) is 1. The minimum absolute atomic E-state index is 0.120. The zero-order chi connectivity index (χ0) is 30.8. The van der Waals surface area contributed by atoms with Crippen molar-refractivity contribution in [2.45, 2.75) is 26.5 Å². The summed E-state index contributed by atoms with van der Waals surface area (Å²) in [5, 5.41) is 11.7. The van der Waals surface area contributed by atoms with Gasteiger partial charge in [0.15, 0.2) is 16.6 Å². The third-order valence-electron chi connectivity index (χ3n) is 7.13. The lowest BCUT2D eigenvalue weighted by Gasteiger charge is -2.24. The van der Waals surface area contributed by atoms with Crippen molar-refractivity contribution in [1.82, 2.24) is 4.98 Å². The molecule has 1 atom stereocenters. The lowest BCUT2D eigenvalue weighted by molar-refractivity contribution is -0.132. The Morgan fingerprint density at radius 2 is 1.80 bits per heavy atom. The summed E-state index contributed by atoms with van der Waals surface area (Å²) < 4.78 is 22.5. The van der Waals surface area contributed by atoms with Gasteiger partial charge in [-0.1, -0.05) is 53.8 Å². The van der Waals surface area contributed by atoms with Gasteiger partial charge in [0.1, 0.15) is 36.2 Å². The number of nitrogens with zero attached hydrogens (tertiary/aromatic N) is 2. The van der Waals surface area contributed by atoms with Gasteiger partial charge in [-0.2, -0.15) is 0 Å². The molecule has 0 spiro atoms. The first-order chi connectivity index (χ1) is 21.4. The van der Waals surface area contributed by atoms with E-state index in [4.69, 9.17) is 18.9 Å². The smallest absolute Gasteiger partial charge is 0.350 e. The van der Waals surface area contributed by atoms with Crippen LogP contribution in [0.25, 0.3) is 5.76 Å². The van der Waals surface area contributed by atoms with Crippen LogP contribution in [0.5, 0.6) is 17.2 Å². The van der Waals surface area contributed by atoms with Crippen molar-refractivity contribution in [3.05, 3.63) is 106 Å². The molecule has 1 aromatic heterocycles. The maximum absolute atomic E-state index is 13.7. The molecule has 1 N–H and O–H groups in total. The third-order valence-corrected chi connectivity index (χ3v) is 8.27. The molecule has 10 nitrogen and oxygen atoms in total. The Bertz CT molecular complexity index is 1780. The van der Waals surface area contributed by atoms with Crippen molar-refractivity contribution >= 4 is 39.9 Å². The van der Waals surface area contributed by atoms with Crippen molar-refractivity contribution in [1.29, 1.82) is 0 Å². The fourth-order valence-electron chi connectivity index (χ4n) is 5.08. The molecule has 2 aliphatic heterocycles. The Morgan fingerprint density at radius 1 is 1.02 bits per heavy atom. The van der Waals surface area contributed by atoms with Gasteiger partial charge < -0.3 is 24.1 Å². The Morgan fingerprint density at radius 3 is 2.57 bits per heavy atom. The van der Waals surface area contributed by atoms with Crippen LogP contribution in [0.4, 0.5) is 5.13 Å². The number of aliphatic hydroxyl groups is 1. The molecular formula is C33H28N2O8S. The molecule has 0 bridgehead atoms. The van der Waals surface area contributed by atoms with Crippen LogP contribution in [0, 0.1) is 6.92 Å². The highest BCUT2D eigenvalue weighted by molar-refractivity contribution is 7.17. The zero-order valence-electron chi connectivity index (χ0n) is 23.9. The van der Waals surface area contributed by atoms with Gasteiger partial charge in [0, 0.05) is 5.56 Å². The number of rotatable bonds is 8. The highest BCUT2D eigenvalue weighted by Crippen LogP contribution is 2.45. The summed E-state index contributed by atoms with van der Waals surface area (Å²) in [6, 6.07) is 20.3. The van der Waals surface area contributed by atoms with Crippen molar-refractivity contribution < 1.29 is 38.4 Å². The first-order valence-corrected chi connectivity index (χ1v) is 14.8. The zero-order valence-corrected chi connectivity index (χ0v) is 24.8. The van der Waals surface area contributed by atoms with Gasteiger partial charge in [0.2, 0.25) is 0 Å². The minimum atomic E-state index is -1.08. The van der Waals surface area contributed by atoms with Gasteiger partial charge >= 0.3 is 11.9 Å². The molecule has 0 unspecified atom stereocenters. The maximum Gasteiger partial charge on any atom is 0.350 e. The Kier molecular flexibility index (Phi) is 8.03. The van der Waals surface area contributed by atoms with Crippen molar-refractivity contribution in [2.24, 2.45) is 0 Å². The van der Waals surface area contributed by atoms with Crippen molar-refractivity contribution in [3.8, 4) is 17.2 Å². The number of aliphatic hydroxyl groups excluding tert-OH is 1. The summed E-state index contributed by atoms with van der Waals surface area (Å²) in [4.78, 5) is 45.9. The normalized spacial score (nSPS) is 17.0. The van der Waals surface area contributed by atoms with Crippen LogP contribution in [-0.4, -0.2) is 47.6 Å². The summed E-state index contributed by atoms with van der Waals surface area (Å²) >= 11 is 0.944. The van der Waals surface area contributed by atoms with Gasteiger partial charge in [-0.3, -0.25) is 14.5 Å². The second kappa shape index (κ2) is 12.2. The quantitative estimate of drug-likeness (QED) is 0.117. The lowest BCUT2D eigenvalue weighted by atomic mass is 9.95. The number of benzene rings is 3. The second-order valence-electron chi connectivity index (χ2n) is 10.0. The number of hydrogen-bond acceptors (Lipinski definition) is 10. The van der Waals surface area contributed by atoms with Gasteiger partial charge in [-0.15, -0.1) is 0 Å². The molecule has 2 aliphatic rings. The first-order valence-electron chi connectivity index (χ1n) is 14.0. The van der Waals surface area contributed by atoms with E-state index in [9.17, 15) is 19.5 Å². The second-order valence-corrected chi connectivity index (χ2v) is 11.0. The number of ether oxygens (including phenoxy) is 4. The number of hydrogen-bond donors (Lipinski definition) is 1. The maximum atomic E-state index is 13.7. The highest BCUT2D eigenvalue weighted by atomic mass is 32.1. The van der Waals surface area contributed by atoms with Crippen LogP contribution in [-0.2, 0) is 20.9 Å². The average molecular weight is 613 g/mol. The number of ketones is 1. The number of anilines is 1. The number of aromatic nitrogens is 1. The van der Waals surface area contributed by atoms with Crippen LogP contribution in [0.1, 0.15) is 45.0 Å². The molecule has 3 aromatic carbocycles. The summed E-state index contributed by atoms with van der Waals surface area (Å²) in [5.74, 6) is -1.33. The van der Waals surface area contributed by atoms with Crippen molar-refractivity contribution in [3.63, 3.8) is 0 Å². The van der Waals surface area contributed by atoms with E-state index in [1.807, 2.05) is 30.3 Å². The molecule has 11 heteroatoms. The van der Waals surface area contributed by atoms with E-state index in [0.717, 1.165) is 16.9 Å². The lowest BCUT2D eigenvalue weighted by Crippen LogP contribution is -2.29. The van der Waals surface area contributed by atoms with Crippen molar-refractivity contribution in [2.75, 3.05) is 24.7 Å². The number of amides is 1. The molecule has 1 saturated heterocycles. The number of esters is 1. The number of thiazole rings is 1. The Hall–Kier alpha value is -5.16. The first kappa shape index (κ1) is 28.9. The molecule has 0 aliphatic carbocycles. The fourth-order valence-corrected chi connectivity index (χ4v) is 6.07. The number of fused-ring (bicyclic) bond motifs is 1. The van der Waals surface area contributed by atoms with E-state index in [1.165, 1.54) is 4.90 Å². The standard InChI is InChI=1S/C33H28N2O8S/c1-3-40-32(39)30-19(2)34-33(44-30)35-27(21-10-7-11-23(16-21)43-18-20-8-5-4-6-9-20)26(29(37)31(35)38)28(36)22-12-13-24-25(17-22)42-15-14-41-24/h4-13,16-17,27,36H,3,14-15,18H2,1-2H3/t27-/m1/s1. The largest absolute Gasteiger partial charge is 0.507 e. The van der Waals surface area contributed by atoms with E-state index >= 15 is 0 Å². The molecule has 0 saturated carbocycles. The van der Waals surface area contributed by atoms with Gasteiger partial charge in [0.25, 0.3) is 5.78 Å². The molecule has 1 amide bonds. The summed E-state index contributed by atoms with van der Waals surface area (Å²) in [5.41, 5.74) is 1.95. The van der Waals surface area contributed by atoms with Crippen LogP contribution >= 0.6 is 11.3 Å². The summed E-state index contributed by atoms with van der Waals surface area (Å²) in [7, 11) is 0. The highest BCUT2D eigenvalue weighted by Gasteiger charge is 2.48. The topological polar surface area (TPSA) is 124 Å². The Labute approximate surface area is 257 Å². The predicted molar refractivity (Wildman–Crippen MR) is 162 cm³/mol. The van der Waals surface area contributed by atoms with Crippen LogP contribution in [0.3, 0.4) is 0 Å². The molecule has 4 aromatic rings. The minimum Gasteiger partial charge on any atom is -0.507 e. The molecule has 3 heterocycles. The molecular weight excluding hydrogens is 584 g/mol. The Balaban J connectivity index is 1.46. The van der Waals surface area contributed by atoms with E-state index in [-0.39, 0.29) is 33.5 Å². The number of carbonyl (C=O) groups is 3. The molecule has 6 rings (SSSR count).